The van der Waals surface area contributed by atoms with Crippen molar-refractivity contribution in [1.29, 1.82) is 0 Å². The fourth-order valence-electron chi connectivity index (χ4n) is 6.89. The quantitative estimate of drug-likeness (QED) is 0.356. The number of carbonyl (C=O) groups excluding carboxylic acids is 3. The molecule has 1 fully saturated rings. The molecule has 4 atom stereocenters. The van der Waals surface area contributed by atoms with Crippen LogP contribution in [0.25, 0.3) is 11.3 Å². The molecule has 0 heterocycles. The molecule has 6 N–H and O–H groups in total. The Morgan fingerprint density at radius 2 is 1.82 bits per heavy atom. The van der Waals surface area contributed by atoms with Gasteiger partial charge in [-0.3, -0.25) is 14.4 Å². The minimum Gasteiger partial charge on any atom is -0.508 e. The first-order valence-electron chi connectivity index (χ1n) is 13.5. The maximum Gasteiger partial charge on any atom is 0.255 e. The lowest BCUT2D eigenvalue weighted by atomic mass is 9.54. The van der Waals surface area contributed by atoms with Crippen LogP contribution in [0.3, 0.4) is 0 Å². The predicted molar refractivity (Wildman–Crippen MR) is 148 cm³/mol. The summed E-state index contributed by atoms with van der Waals surface area (Å²) in [5.41, 5.74) is 4.63. The fraction of sp³-hybridized carbons (Fsp3) is 0.516. The van der Waals surface area contributed by atoms with Crippen LogP contribution in [0.2, 0.25) is 0 Å². The second-order valence-electron chi connectivity index (χ2n) is 12.5. The first-order valence-corrected chi connectivity index (χ1v) is 13.5. The van der Waals surface area contributed by atoms with Gasteiger partial charge in [-0.1, -0.05) is 47.6 Å². The highest BCUT2D eigenvalue weighted by molar-refractivity contribution is 6.23. The van der Waals surface area contributed by atoms with Gasteiger partial charge in [-0.2, -0.15) is 0 Å². The Hall–Kier alpha value is -3.39. The summed E-state index contributed by atoms with van der Waals surface area (Å²) < 4.78 is 0. The van der Waals surface area contributed by atoms with E-state index in [0.29, 0.717) is 11.1 Å². The molecule has 0 bridgehead atoms. The zero-order valence-electron chi connectivity index (χ0n) is 23.7. The third kappa shape index (κ3) is 4.03. The number of amides is 1. The van der Waals surface area contributed by atoms with Gasteiger partial charge < -0.3 is 26.2 Å². The number of rotatable bonds is 4. The van der Waals surface area contributed by atoms with Crippen molar-refractivity contribution in [3.63, 3.8) is 0 Å². The average molecular weight is 538 g/mol. The van der Waals surface area contributed by atoms with Gasteiger partial charge in [0.15, 0.2) is 11.4 Å². The summed E-state index contributed by atoms with van der Waals surface area (Å²) in [6, 6.07) is 1.93. The second-order valence-corrected chi connectivity index (χ2v) is 12.5. The van der Waals surface area contributed by atoms with E-state index in [1.807, 2.05) is 40.7 Å². The lowest BCUT2D eigenvalue weighted by Crippen LogP contribution is -2.62. The minimum atomic E-state index is -2.61. The number of primary amides is 1. The monoisotopic (exact) mass is 537 g/mol. The molecule has 1 aromatic carbocycles. The van der Waals surface area contributed by atoms with E-state index >= 15 is 0 Å². The van der Waals surface area contributed by atoms with Gasteiger partial charge in [0.25, 0.3) is 5.91 Å². The van der Waals surface area contributed by atoms with Crippen LogP contribution in [0.5, 0.6) is 5.75 Å². The van der Waals surface area contributed by atoms with Gasteiger partial charge in [0, 0.05) is 23.0 Å². The second kappa shape index (κ2) is 9.37. The van der Waals surface area contributed by atoms with E-state index in [-0.39, 0.29) is 35.6 Å². The van der Waals surface area contributed by atoms with Gasteiger partial charge in [0.2, 0.25) is 5.78 Å². The summed E-state index contributed by atoms with van der Waals surface area (Å²) in [4.78, 5) is 39.5. The Morgan fingerprint density at radius 3 is 2.33 bits per heavy atom. The number of benzene rings is 1. The first kappa shape index (κ1) is 28.6. The molecule has 0 saturated heterocycles. The van der Waals surface area contributed by atoms with Gasteiger partial charge in [0.1, 0.15) is 22.8 Å². The molecule has 0 radical (unpaired) electrons. The number of aliphatic hydroxyl groups is 3. The van der Waals surface area contributed by atoms with Crippen LogP contribution in [0.15, 0.2) is 29.0 Å². The number of Topliss-reactive ketones (excluding diaryl/α,β-unsaturated/α-hetero) is 2. The number of hydrogen-bond donors (Lipinski definition) is 5. The van der Waals surface area contributed by atoms with Crippen LogP contribution in [0.4, 0.5) is 0 Å². The molecule has 8 nitrogen and oxygen atoms in total. The summed E-state index contributed by atoms with van der Waals surface area (Å²) in [5, 5.41) is 45.9. The zero-order chi connectivity index (χ0) is 29.4. The molecule has 0 aliphatic heterocycles. The number of allylic oxidation sites excluding steroid dienone is 2. The lowest BCUT2D eigenvalue weighted by molar-refractivity contribution is -0.155. The highest BCUT2D eigenvalue weighted by Crippen LogP contribution is 2.56. The molecule has 1 amide bonds. The molecule has 1 aromatic rings. The number of phenols is 1. The van der Waals surface area contributed by atoms with Crippen molar-refractivity contribution in [2.24, 2.45) is 29.4 Å². The van der Waals surface area contributed by atoms with Crippen molar-refractivity contribution in [1.82, 2.24) is 0 Å². The van der Waals surface area contributed by atoms with Gasteiger partial charge in [-0.05, 0) is 66.2 Å². The Morgan fingerprint density at radius 1 is 1.21 bits per heavy atom. The number of phenolic OH excluding ortho intramolecular Hbond substituents is 1. The maximum absolute atomic E-state index is 14.1. The van der Waals surface area contributed by atoms with Crippen molar-refractivity contribution in [2.45, 2.75) is 78.7 Å². The number of aromatic hydroxyl groups is 1. The van der Waals surface area contributed by atoms with Gasteiger partial charge in [-0.15, -0.1) is 0 Å². The van der Waals surface area contributed by atoms with Gasteiger partial charge in [0.05, 0.1) is 5.56 Å². The third-order valence-corrected chi connectivity index (χ3v) is 8.71. The topological polar surface area (TPSA) is 158 Å². The van der Waals surface area contributed by atoms with E-state index in [2.05, 4.69) is 6.08 Å². The molecule has 0 spiro atoms. The van der Waals surface area contributed by atoms with Crippen LogP contribution in [-0.2, 0) is 26.2 Å². The van der Waals surface area contributed by atoms with Crippen molar-refractivity contribution in [3.8, 4) is 5.75 Å². The van der Waals surface area contributed by atoms with Crippen molar-refractivity contribution in [3.05, 3.63) is 51.3 Å². The third-order valence-electron chi connectivity index (χ3n) is 8.71. The normalized spacial score (nSPS) is 27.5. The van der Waals surface area contributed by atoms with Crippen LogP contribution in [0.1, 0.15) is 83.6 Å². The van der Waals surface area contributed by atoms with Gasteiger partial charge >= 0.3 is 0 Å². The zero-order valence-corrected chi connectivity index (χ0v) is 23.7. The molecular formula is C31H39NO7. The highest BCUT2D eigenvalue weighted by atomic mass is 16.3. The molecule has 0 unspecified atom stereocenters. The number of aliphatic hydroxyl groups excluding tert-OH is 2. The average Bonchev–Trinajstić information content (AvgIpc) is 2.80. The number of fused-ring (bicyclic) bond motifs is 3. The first-order chi connectivity index (χ1) is 18.0. The summed E-state index contributed by atoms with van der Waals surface area (Å²) >= 11 is 0. The maximum atomic E-state index is 14.1. The summed E-state index contributed by atoms with van der Waals surface area (Å²) in [6.45, 7) is 13.3. The molecule has 0 aromatic heterocycles. The number of ketones is 2. The highest BCUT2D eigenvalue weighted by Gasteiger charge is 2.64. The molecular weight excluding hydrogens is 498 g/mol. The van der Waals surface area contributed by atoms with Crippen LogP contribution in [0, 0.1) is 23.7 Å². The van der Waals surface area contributed by atoms with Gasteiger partial charge in [-0.25, -0.2) is 0 Å². The van der Waals surface area contributed by atoms with E-state index in [1.165, 1.54) is 0 Å². The Kier molecular flexibility index (Phi) is 6.87. The van der Waals surface area contributed by atoms with E-state index in [4.69, 9.17) is 5.73 Å². The standard InChI is InChI=1S/C31H39NO7/c1-8-9-14(4)16-12-19(30(5,6)7)24(33)22-17(16)10-15-11-18-20(13(2)3)25(34)23(29(32)38)28(37)31(18,39)27(36)21(15)26(22)35/h9,12-13,15,18,20,33,35,37,39H,8,10-11H2,1-7H3,(H2,32,38)/b14-9-/t15-,18-,20-,31-/m0/s1. The summed E-state index contributed by atoms with van der Waals surface area (Å²) in [6.07, 6.45) is 3.22. The number of hydrogen-bond acceptors (Lipinski definition) is 7. The summed E-state index contributed by atoms with van der Waals surface area (Å²) in [7, 11) is 0. The Balaban J connectivity index is 2.05. The van der Waals surface area contributed by atoms with Crippen molar-refractivity contribution in [2.75, 3.05) is 0 Å². The van der Waals surface area contributed by atoms with Crippen molar-refractivity contribution >= 4 is 28.8 Å². The molecule has 8 heteroatoms. The van der Waals surface area contributed by atoms with Crippen LogP contribution < -0.4 is 5.73 Å². The molecule has 3 aliphatic rings. The fourth-order valence-corrected chi connectivity index (χ4v) is 6.89. The SMILES string of the molecule is CC/C=C(/C)c1cc(C(C)(C)C)c(O)c2c1C[C@H]1C[C@H]3[C@H](C(C)C)C(=O)C(C(N)=O)=C(O)[C@@]3(O)C(=O)C1=C2O. The summed E-state index contributed by atoms with van der Waals surface area (Å²) in [5.74, 6) is -7.50. The Labute approximate surface area is 228 Å². The largest absolute Gasteiger partial charge is 0.508 e. The van der Waals surface area contributed by atoms with E-state index in [9.17, 15) is 34.8 Å². The van der Waals surface area contributed by atoms with E-state index in [0.717, 1.165) is 17.6 Å². The molecule has 3 aliphatic carbocycles. The molecule has 4 rings (SSSR count). The van der Waals surface area contributed by atoms with Crippen molar-refractivity contribution < 1.29 is 34.8 Å². The smallest absolute Gasteiger partial charge is 0.255 e. The molecule has 210 valence electrons. The Bertz CT molecular complexity index is 1390. The van der Waals surface area contributed by atoms with Crippen LogP contribution >= 0.6 is 0 Å². The molecule has 39 heavy (non-hydrogen) atoms. The minimum absolute atomic E-state index is 0.101. The van der Waals surface area contributed by atoms with Crippen LogP contribution in [-0.4, -0.2) is 43.5 Å². The number of nitrogens with two attached hydrogens (primary N) is 1. The predicted octanol–water partition coefficient (Wildman–Crippen LogP) is 4.42. The lowest BCUT2D eigenvalue weighted by Gasteiger charge is -2.50. The number of carbonyl (C=O) groups is 3. The van der Waals surface area contributed by atoms with E-state index < -0.39 is 63.3 Å². The molecule has 1 saturated carbocycles. The van der Waals surface area contributed by atoms with E-state index in [1.54, 1.807) is 13.8 Å².